The number of hydrogen-bond acceptors (Lipinski definition) is 7. The Labute approximate surface area is 195 Å². The van der Waals surface area contributed by atoms with Crippen molar-refractivity contribution in [1.29, 1.82) is 0 Å². The van der Waals surface area contributed by atoms with Crippen LogP contribution < -0.4 is 5.32 Å². The largest absolute Gasteiger partial charge is 0.449 e. The summed E-state index contributed by atoms with van der Waals surface area (Å²) < 4.78 is 7.39. The van der Waals surface area contributed by atoms with E-state index in [2.05, 4.69) is 20.5 Å². The van der Waals surface area contributed by atoms with Crippen LogP contribution in [0.3, 0.4) is 0 Å². The molecule has 0 spiro atoms. The number of aromatic nitrogens is 4. The first-order valence-electron chi connectivity index (χ1n) is 10.6. The number of rotatable bonds is 5. The molecule has 1 aliphatic heterocycles. The predicted octanol–water partition coefficient (Wildman–Crippen LogP) is 4.16. The number of amides is 1. The zero-order valence-corrected chi connectivity index (χ0v) is 19.0. The van der Waals surface area contributed by atoms with Crippen molar-refractivity contribution in [3.8, 4) is 5.69 Å². The number of nitrogens with one attached hydrogen (secondary N) is 1. The molecule has 4 aromatic rings. The molecule has 1 N–H and O–H groups in total. The molecule has 2 aromatic heterocycles. The standard InChI is InChI=1S/C24H22N6O2S/c1-15-20(33-14-25-15)12-13-32-24(31)27-22-23-29-28-16(2)30(23)19-11-7-6-10-18(19)21(26-22)17-8-4-3-5-9-17/h3-11,14,22H,12-13H2,1-2H3,(H,27,31). The molecular formula is C24H22N6O2S. The first-order valence-corrected chi connectivity index (χ1v) is 11.5. The maximum Gasteiger partial charge on any atom is 0.409 e. The molecule has 0 radical (unpaired) electrons. The molecule has 2 aromatic carbocycles. The molecule has 166 valence electrons. The van der Waals surface area contributed by atoms with E-state index in [-0.39, 0.29) is 6.61 Å². The lowest BCUT2D eigenvalue weighted by Gasteiger charge is -2.14. The Bertz CT molecular complexity index is 1330. The van der Waals surface area contributed by atoms with Gasteiger partial charge in [-0.05, 0) is 19.9 Å². The van der Waals surface area contributed by atoms with E-state index >= 15 is 0 Å². The molecule has 8 nitrogen and oxygen atoms in total. The van der Waals surface area contributed by atoms with E-state index in [0.29, 0.717) is 18.1 Å². The maximum atomic E-state index is 12.7. The molecule has 3 heterocycles. The van der Waals surface area contributed by atoms with Gasteiger partial charge in [-0.3, -0.25) is 14.9 Å². The topological polar surface area (TPSA) is 94.3 Å². The smallest absolute Gasteiger partial charge is 0.409 e. The van der Waals surface area contributed by atoms with E-state index in [1.807, 2.05) is 73.0 Å². The average Bonchev–Trinajstić information content (AvgIpc) is 3.38. The van der Waals surface area contributed by atoms with E-state index in [1.54, 1.807) is 16.8 Å². The molecule has 1 unspecified atom stereocenters. The van der Waals surface area contributed by atoms with Crippen molar-refractivity contribution < 1.29 is 9.53 Å². The summed E-state index contributed by atoms with van der Waals surface area (Å²) >= 11 is 1.56. The minimum Gasteiger partial charge on any atom is -0.449 e. The van der Waals surface area contributed by atoms with Gasteiger partial charge in [0.1, 0.15) is 5.82 Å². The van der Waals surface area contributed by atoms with Gasteiger partial charge in [0.05, 0.1) is 29.2 Å². The summed E-state index contributed by atoms with van der Waals surface area (Å²) in [6.45, 7) is 4.08. The van der Waals surface area contributed by atoms with E-state index in [0.717, 1.165) is 33.1 Å². The number of aryl methyl sites for hydroxylation is 2. The number of alkyl carbamates (subject to hydrolysis) is 1. The van der Waals surface area contributed by atoms with Crippen LogP contribution in [0.15, 0.2) is 65.1 Å². The summed E-state index contributed by atoms with van der Waals surface area (Å²) in [7, 11) is 0. The minimum atomic E-state index is -0.758. The number of fused-ring (bicyclic) bond motifs is 3. The van der Waals surface area contributed by atoms with Crippen molar-refractivity contribution in [2.75, 3.05) is 6.61 Å². The lowest BCUT2D eigenvalue weighted by atomic mass is 10.0. The third-order valence-corrected chi connectivity index (χ3v) is 6.46. The Kier molecular flexibility index (Phi) is 5.70. The number of hydrogen-bond donors (Lipinski definition) is 1. The highest BCUT2D eigenvalue weighted by Gasteiger charge is 2.29. The van der Waals surface area contributed by atoms with Gasteiger partial charge < -0.3 is 4.74 Å². The SMILES string of the molecule is Cc1ncsc1CCOC(=O)NC1N=C(c2ccccc2)c2ccccc2-n2c(C)nnc21. The Morgan fingerprint density at radius 1 is 1.09 bits per heavy atom. The molecule has 33 heavy (non-hydrogen) atoms. The first kappa shape index (κ1) is 21.0. The molecule has 0 saturated heterocycles. The highest BCUT2D eigenvalue weighted by molar-refractivity contribution is 7.09. The van der Waals surface area contributed by atoms with Crippen LogP contribution in [0.2, 0.25) is 0 Å². The molecule has 9 heteroatoms. The van der Waals surface area contributed by atoms with Gasteiger partial charge in [-0.1, -0.05) is 48.5 Å². The molecular weight excluding hydrogens is 436 g/mol. The Balaban J connectivity index is 1.47. The van der Waals surface area contributed by atoms with Crippen LogP contribution in [-0.2, 0) is 11.2 Å². The molecule has 1 atom stereocenters. The van der Waals surface area contributed by atoms with E-state index in [1.165, 1.54) is 0 Å². The fourth-order valence-corrected chi connectivity index (χ4v) is 4.62. The summed E-state index contributed by atoms with van der Waals surface area (Å²) in [5, 5.41) is 11.5. The highest BCUT2D eigenvalue weighted by Crippen LogP contribution is 2.29. The summed E-state index contributed by atoms with van der Waals surface area (Å²) in [5.74, 6) is 1.24. The average molecular weight is 459 g/mol. The summed E-state index contributed by atoms with van der Waals surface area (Å²) in [6.07, 6.45) is -0.698. The van der Waals surface area contributed by atoms with E-state index in [9.17, 15) is 4.79 Å². The lowest BCUT2D eigenvalue weighted by molar-refractivity contribution is 0.143. The molecule has 5 rings (SSSR count). The van der Waals surface area contributed by atoms with Gasteiger partial charge >= 0.3 is 6.09 Å². The third kappa shape index (κ3) is 4.14. The van der Waals surface area contributed by atoms with E-state index < -0.39 is 12.3 Å². The van der Waals surface area contributed by atoms with Crippen LogP contribution >= 0.6 is 11.3 Å². The number of aliphatic imine (C=N–C) groups is 1. The Morgan fingerprint density at radius 2 is 1.88 bits per heavy atom. The fourth-order valence-electron chi connectivity index (χ4n) is 3.86. The number of benzene rings is 2. The first-order chi connectivity index (χ1) is 16.1. The normalized spacial score (nSPS) is 14.6. The second-order valence-corrected chi connectivity index (χ2v) is 8.53. The van der Waals surface area contributed by atoms with Crippen LogP contribution in [0.25, 0.3) is 5.69 Å². The number of carbonyl (C=O) groups is 1. The van der Waals surface area contributed by atoms with Gasteiger partial charge in [-0.2, -0.15) is 0 Å². The fraction of sp³-hybridized carbons (Fsp3) is 0.208. The summed E-state index contributed by atoms with van der Waals surface area (Å²) in [5.41, 5.74) is 6.32. The van der Waals surface area contributed by atoms with Gasteiger partial charge in [-0.15, -0.1) is 21.5 Å². The minimum absolute atomic E-state index is 0.253. The molecule has 1 aliphatic rings. The highest BCUT2D eigenvalue weighted by atomic mass is 32.1. The molecule has 0 bridgehead atoms. The van der Waals surface area contributed by atoms with Crippen molar-refractivity contribution >= 4 is 23.1 Å². The predicted molar refractivity (Wildman–Crippen MR) is 126 cm³/mol. The summed E-state index contributed by atoms with van der Waals surface area (Å²) in [6, 6.07) is 17.9. The van der Waals surface area contributed by atoms with Crippen LogP contribution in [0, 0.1) is 13.8 Å². The van der Waals surface area contributed by atoms with Crippen LogP contribution in [-0.4, -0.2) is 38.2 Å². The second kappa shape index (κ2) is 8.95. The zero-order valence-electron chi connectivity index (χ0n) is 18.2. The van der Waals surface area contributed by atoms with Gasteiger partial charge in [0.2, 0.25) is 0 Å². The van der Waals surface area contributed by atoms with Crippen LogP contribution in [0.1, 0.15) is 39.5 Å². The van der Waals surface area contributed by atoms with Crippen molar-refractivity contribution in [1.82, 2.24) is 25.1 Å². The molecule has 1 amide bonds. The van der Waals surface area contributed by atoms with Crippen molar-refractivity contribution in [3.63, 3.8) is 0 Å². The third-order valence-electron chi connectivity index (χ3n) is 5.46. The van der Waals surface area contributed by atoms with Crippen LogP contribution in [0.5, 0.6) is 0 Å². The van der Waals surface area contributed by atoms with Crippen molar-refractivity contribution in [2.45, 2.75) is 26.4 Å². The van der Waals surface area contributed by atoms with Crippen LogP contribution in [0.4, 0.5) is 4.79 Å². The van der Waals surface area contributed by atoms with Crippen molar-refractivity contribution in [2.24, 2.45) is 4.99 Å². The molecule has 0 aliphatic carbocycles. The lowest BCUT2D eigenvalue weighted by Crippen LogP contribution is -2.30. The Hall–Kier alpha value is -3.85. The summed E-state index contributed by atoms with van der Waals surface area (Å²) in [4.78, 5) is 23.0. The van der Waals surface area contributed by atoms with Crippen molar-refractivity contribution in [3.05, 3.63) is 93.5 Å². The quantitative estimate of drug-likeness (QED) is 0.485. The van der Waals surface area contributed by atoms with Gasteiger partial charge in [-0.25, -0.2) is 9.78 Å². The number of thiazole rings is 1. The number of nitrogens with zero attached hydrogens (tertiary/aromatic N) is 5. The molecule has 0 saturated carbocycles. The number of ether oxygens (including phenoxy) is 1. The van der Waals surface area contributed by atoms with E-state index in [4.69, 9.17) is 9.73 Å². The molecule has 0 fully saturated rings. The number of para-hydroxylation sites is 1. The maximum absolute atomic E-state index is 12.7. The number of carbonyl (C=O) groups excluding carboxylic acids is 1. The van der Waals surface area contributed by atoms with Gasteiger partial charge in [0, 0.05) is 22.4 Å². The van der Waals surface area contributed by atoms with Gasteiger partial charge in [0.25, 0.3) is 0 Å². The Morgan fingerprint density at radius 3 is 2.67 bits per heavy atom. The van der Waals surface area contributed by atoms with Gasteiger partial charge in [0.15, 0.2) is 12.0 Å². The second-order valence-electron chi connectivity index (χ2n) is 7.60. The zero-order chi connectivity index (χ0) is 22.8. The monoisotopic (exact) mass is 458 g/mol.